The van der Waals surface area contributed by atoms with Gasteiger partial charge in [0, 0.05) is 16.3 Å². The largest absolute Gasteiger partial charge is 0.466 e. The number of nitrogens with zero attached hydrogens (tertiary/aromatic N) is 1. The predicted molar refractivity (Wildman–Crippen MR) is 155 cm³/mol. The molecule has 8 rings (SSSR count). The third-order valence-electron chi connectivity index (χ3n) is 7.58. The van der Waals surface area contributed by atoms with Crippen molar-refractivity contribution in [3.05, 3.63) is 127 Å². The molecule has 1 aromatic heterocycles. The summed E-state index contributed by atoms with van der Waals surface area (Å²) in [4.78, 5) is 3.67. The van der Waals surface area contributed by atoms with E-state index in [4.69, 9.17) is 11.0 Å². The number of para-hydroxylation sites is 2. The van der Waals surface area contributed by atoms with E-state index in [0.717, 1.165) is 27.5 Å². The summed E-state index contributed by atoms with van der Waals surface area (Å²) in [6, 6.07) is 40.7. The topological polar surface area (TPSA) is 17.5 Å². The maximum Gasteiger partial charge on any atom is 0.229 e. The average Bonchev–Trinajstić information content (AvgIpc) is 3.35. The highest BCUT2D eigenvalue weighted by molar-refractivity contribution is 6.25. The van der Waals surface area contributed by atoms with Crippen molar-refractivity contribution in [2.45, 2.75) is 0 Å². The van der Waals surface area contributed by atoms with Crippen molar-refractivity contribution in [1.82, 2.24) is 0 Å². The Morgan fingerprint density at radius 3 is 1.68 bits per heavy atom. The Kier molecular flexibility index (Phi) is 4.04. The molecular weight excluding hydrogens is 450 g/mol. The highest BCUT2D eigenvalue weighted by atomic mass is 16.3. The second-order valence-electron chi connectivity index (χ2n) is 9.64. The molecular formula is C35H19NO. The maximum atomic E-state index is 7.55. The summed E-state index contributed by atoms with van der Waals surface area (Å²) in [5, 5.41) is 9.58. The van der Waals surface area contributed by atoms with Gasteiger partial charge in [-0.1, -0.05) is 91.0 Å². The van der Waals surface area contributed by atoms with E-state index in [2.05, 4.69) is 102 Å². The fourth-order valence-electron chi connectivity index (χ4n) is 5.91. The van der Waals surface area contributed by atoms with Crippen LogP contribution in [0.2, 0.25) is 0 Å². The van der Waals surface area contributed by atoms with Crippen LogP contribution in [0.15, 0.2) is 120 Å². The molecule has 7 aromatic carbocycles. The Hall–Kier alpha value is -5.13. The number of hydrogen-bond acceptors (Lipinski definition) is 1. The Morgan fingerprint density at radius 2 is 1.05 bits per heavy atom. The number of hydrogen-bond donors (Lipinski definition) is 0. The first-order valence-electron chi connectivity index (χ1n) is 12.4. The van der Waals surface area contributed by atoms with Crippen LogP contribution >= 0.6 is 0 Å². The van der Waals surface area contributed by atoms with Crippen LogP contribution in [0.4, 0.5) is 5.69 Å². The van der Waals surface area contributed by atoms with Crippen molar-refractivity contribution in [2.24, 2.45) is 0 Å². The first-order chi connectivity index (χ1) is 18.3. The molecule has 2 nitrogen and oxygen atoms in total. The number of benzene rings is 7. The fraction of sp³-hybridized carbons (Fsp3) is 0. The van der Waals surface area contributed by atoms with Crippen molar-refractivity contribution in [3.8, 4) is 22.3 Å². The summed E-state index contributed by atoms with van der Waals surface area (Å²) in [7, 11) is 0. The van der Waals surface area contributed by atoms with Gasteiger partial charge < -0.3 is 4.42 Å². The average molecular weight is 470 g/mol. The summed E-state index contributed by atoms with van der Waals surface area (Å²) in [6.45, 7) is 7.55. The zero-order valence-corrected chi connectivity index (χ0v) is 19.8. The molecule has 0 bridgehead atoms. The van der Waals surface area contributed by atoms with E-state index in [0.29, 0.717) is 11.3 Å². The maximum absolute atomic E-state index is 7.55. The summed E-state index contributed by atoms with van der Waals surface area (Å²) < 4.78 is 6.35. The van der Waals surface area contributed by atoms with Gasteiger partial charge in [0.25, 0.3) is 0 Å². The van der Waals surface area contributed by atoms with Gasteiger partial charge in [0.15, 0.2) is 0 Å². The molecule has 0 fully saturated rings. The Labute approximate surface area is 213 Å². The summed E-state index contributed by atoms with van der Waals surface area (Å²) in [5.74, 6) is 0. The molecule has 0 saturated carbocycles. The lowest BCUT2D eigenvalue weighted by Gasteiger charge is -2.14. The van der Waals surface area contributed by atoms with E-state index < -0.39 is 0 Å². The van der Waals surface area contributed by atoms with E-state index in [1.54, 1.807) is 0 Å². The SMILES string of the molecule is [C-]#[N+]c1cccc2c1oc1c(-c3cc4ccc5cc(-c6ccccc6)cc6ccc(c3)c4c56)cccc12. The summed E-state index contributed by atoms with van der Waals surface area (Å²) in [6.07, 6.45) is 0. The van der Waals surface area contributed by atoms with Crippen LogP contribution in [-0.2, 0) is 0 Å². The minimum atomic E-state index is 0.546. The zero-order chi connectivity index (χ0) is 24.5. The second kappa shape index (κ2) is 7.43. The molecule has 0 aliphatic carbocycles. The lowest BCUT2D eigenvalue weighted by Crippen LogP contribution is -1.88. The molecule has 0 N–H and O–H groups in total. The molecule has 0 radical (unpaired) electrons. The van der Waals surface area contributed by atoms with E-state index in [9.17, 15) is 0 Å². The first-order valence-corrected chi connectivity index (χ1v) is 12.4. The van der Waals surface area contributed by atoms with Gasteiger partial charge in [0.2, 0.25) is 5.69 Å². The number of fused-ring (bicyclic) bond motifs is 3. The lowest BCUT2D eigenvalue weighted by atomic mass is 9.89. The van der Waals surface area contributed by atoms with Crippen LogP contribution in [-0.4, -0.2) is 0 Å². The smallest absolute Gasteiger partial charge is 0.229 e. The molecule has 0 aliphatic heterocycles. The lowest BCUT2D eigenvalue weighted by molar-refractivity contribution is 0.672. The molecule has 0 atom stereocenters. The first kappa shape index (κ1) is 20.1. The number of furan rings is 1. The van der Waals surface area contributed by atoms with Crippen LogP contribution in [0, 0.1) is 6.57 Å². The molecule has 1 heterocycles. The van der Waals surface area contributed by atoms with Gasteiger partial charge in [-0.2, -0.15) is 0 Å². The third kappa shape index (κ3) is 2.86. The number of rotatable bonds is 2. The van der Waals surface area contributed by atoms with Crippen LogP contribution in [0.3, 0.4) is 0 Å². The molecule has 0 saturated heterocycles. The standard InChI is InChI=1S/C35H19NO/c1-36-31-12-6-11-30-29-10-5-9-28(34(29)37-35(30)31)27-19-24-15-13-22-17-26(21-7-3-2-4-8-21)18-23-14-16-25(20-27)33(24)32(22)23/h2-20H. The predicted octanol–water partition coefficient (Wildman–Crippen LogP) is 10.4. The normalized spacial score (nSPS) is 11.8. The minimum absolute atomic E-state index is 0.546. The van der Waals surface area contributed by atoms with Gasteiger partial charge in [-0.3, -0.25) is 0 Å². The Morgan fingerprint density at radius 1 is 0.486 bits per heavy atom. The van der Waals surface area contributed by atoms with E-state index >= 15 is 0 Å². The van der Waals surface area contributed by atoms with Crippen LogP contribution in [0.1, 0.15) is 0 Å². The molecule has 2 heteroatoms. The fourth-order valence-corrected chi connectivity index (χ4v) is 5.91. The van der Waals surface area contributed by atoms with E-state index in [1.165, 1.54) is 43.4 Å². The van der Waals surface area contributed by atoms with Crippen LogP contribution < -0.4 is 0 Å². The monoisotopic (exact) mass is 469 g/mol. The Bertz CT molecular complexity index is 2130. The highest BCUT2D eigenvalue weighted by Crippen LogP contribution is 2.43. The molecule has 0 aliphatic rings. The molecule has 170 valence electrons. The van der Waals surface area contributed by atoms with Crippen LogP contribution in [0.5, 0.6) is 0 Å². The molecule has 37 heavy (non-hydrogen) atoms. The van der Waals surface area contributed by atoms with Crippen molar-refractivity contribution < 1.29 is 4.42 Å². The molecule has 8 aromatic rings. The van der Waals surface area contributed by atoms with Crippen molar-refractivity contribution in [1.29, 1.82) is 0 Å². The molecule has 0 unspecified atom stereocenters. The zero-order valence-electron chi connectivity index (χ0n) is 19.8. The van der Waals surface area contributed by atoms with Gasteiger partial charge in [-0.15, -0.1) is 0 Å². The van der Waals surface area contributed by atoms with Crippen molar-refractivity contribution >= 4 is 59.9 Å². The van der Waals surface area contributed by atoms with E-state index in [1.807, 2.05) is 18.2 Å². The van der Waals surface area contributed by atoms with Gasteiger partial charge in [-0.05, 0) is 73.3 Å². The summed E-state index contributed by atoms with van der Waals surface area (Å²) in [5.41, 5.74) is 6.66. The van der Waals surface area contributed by atoms with Crippen LogP contribution in [0.25, 0.3) is 81.4 Å². The summed E-state index contributed by atoms with van der Waals surface area (Å²) >= 11 is 0. The quantitative estimate of drug-likeness (QED) is 0.182. The van der Waals surface area contributed by atoms with Crippen molar-refractivity contribution in [3.63, 3.8) is 0 Å². The Balaban J connectivity index is 1.38. The van der Waals surface area contributed by atoms with Gasteiger partial charge >= 0.3 is 0 Å². The third-order valence-corrected chi connectivity index (χ3v) is 7.58. The van der Waals surface area contributed by atoms with Gasteiger partial charge in [0.05, 0.1) is 6.57 Å². The second-order valence-corrected chi connectivity index (χ2v) is 9.64. The van der Waals surface area contributed by atoms with Gasteiger partial charge in [-0.25, -0.2) is 4.85 Å². The van der Waals surface area contributed by atoms with Crippen molar-refractivity contribution in [2.75, 3.05) is 0 Å². The van der Waals surface area contributed by atoms with Gasteiger partial charge in [0.1, 0.15) is 11.2 Å². The minimum Gasteiger partial charge on any atom is -0.466 e. The van der Waals surface area contributed by atoms with E-state index in [-0.39, 0.29) is 0 Å². The molecule has 0 spiro atoms. The highest BCUT2D eigenvalue weighted by Gasteiger charge is 2.16. The molecule has 0 amide bonds.